The van der Waals surface area contributed by atoms with Gasteiger partial charge in [0, 0.05) is 24.2 Å². The van der Waals surface area contributed by atoms with Crippen LogP contribution < -0.4 is 10.6 Å². The molecule has 19 heavy (non-hydrogen) atoms. The number of hydrogen-bond donors (Lipinski definition) is 2. The van der Waals surface area contributed by atoms with E-state index in [1.54, 1.807) is 0 Å². The Balaban J connectivity index is 1.53. The molecule has 3 aliphatic rings. The third kappa shape index (κ3) is 3.14. The highest BCUT2D eigenvalue weighted by molar-refractivity contribution is 4.95. The normalized spacial score (nSPS) is 44.8. The van der Waals surface area contributed by atoms with Crippen LogP contribution in [-0.2, 0) is 0 Å². The molecule has 0 aromatic carbocycles. The van der Waals surface area contributed by atoms with Gasteiger partial charge in [-0.1, -0.05) is 6.42 Å². The summed E-state index contributed by atoms with van der Waals surface area (Å²) in [7, 11) is 2.27. The first-order valence-corrected chi connectivity index (χ1v) is 8.43. The molecule has 110 valence electrons. The molecule has 0 aromatic heterocycles. The SMILES string of the molecule is CC1CC(NC2CCCC2C2CCCN2)CCN1C. The van der Waals surface area contributed by atoms with Crippen LogP contribution in [-0.4, -0.2) is 49.2 Å². The minimum absolute atomic E-state index is 0.746. The monoisotopic (exact) mass is 265 g/mol. The van der Waals surface area contributed by atoms with E-state index in [0.29, 0.717) is 0 Å². The van der Waals surface area contributed by atoms with Crippen LogP contribution in [0.2, 0.25) is 0 Å². The fourth-order valence-electron chi connectivity index (χ4n) is 4.50. The minimum Gasteiger partial charge on any atom is -0.314 e. The zero-order valence-electron chi connectivity index (χ0n) is 12.7. The van der Waals surface area contributed by atoms with E-state index in [-0.39, 0.29) is 0 Å². The van der Waals surface area contributed by atoms with Crippen LogP contribution in [0.5, 0.6) is 0 Å². The number of likely N-dealkylation sites (tertiary alicyclic amines) is 1. The molecule has 1 aliphatic carbocycles. The molecule has 2 heterocycles. The van der Waals surface area contributed by atoms with Crippen LogP contribution in [0.25, 0.3) is 0 Å². The van der Waals surface area contributed by atoms with Crippen molar-refractivity contribution in [3.8, 4) is 0 Å². The van der Waals surface area contributed by atoms with E-state index in [9.17, 15) is 0 Å². The summed E-state index contributed by atoms with van der Waals surface area (Å²) in [6.45, 7) is 4.88. The van der Waals surface area contributed by atoms with E-state index in [1.165, 1.54) is 58.0 Å². The smallest absolute Gasteiger partial charge is 0.0113 e. The summed E-state index contributed by atoms with van der Waals surface area (Å²) in [5, 5.41) is 7.76. The van der Waals surface area contributed by atoms with Gasteiger partial charge >= 0.3 is 0 Å². The highest BCUT2D eigenvalue weighted by Crippen LogP contribution is 2.33. The van der Waals surface area contributed by atoms with Crippen molar-refractivity contribution < 1.29 is 0 Å². The van der Waals surface area contributed by atoms with Crippen LogP contribution in [0.4, 0.5) is 0 Å². The van der Waals surface area contributed by atoms with Crippen molar-refractivity contribution in [2.45, 2.75) is 76.0 Å². The molecule has 3 fully saturated rings. The van der Waals surface area contributed by atoms with E-state index in [0.717, 1.165) is 30.1 Å². The first-order valence-electron chi connectivity index (χ1n) is 8.43. The van der Waals surface area contributed by atoms with Crippen LogP contribution in [0.3, 0.4) is 0 Å². The molecule has 0 spiro atoms. The molecule has 5 unspecified atom stereocenters. The molecule has 0 radical (unpaired) electrons. The van der Waals surface area contributed by atoms with E-state index in [2.05, 4.69) is 29.5 Å². The van der Waals surface area contributed by atoms with Gasteiger partial charge in [-0.15, -0.1) is 0 Å². The molecule has 2 N–H and O–H groups in total. The van der Waals surface area contributed by atoms with Gasteiger partial charge in [-0.3, -0.25) is 0 Å². The Morgan fingerprint density at radius 1 is 1.11 bits per heavy atom. The van der Waals surface area contributed by atoms with E-state index in [4.69, 9.17) is 0 Å². The second-order valence-corrected chi connectivity index (χ2v) is 7.12. The van der Waals surface area contributed by atoms with Crippen molar-refractivity contribution in [3.63, 3.8) is 0 Å². The van der Waals surface area contributed by atoms with Gasteiger partial charge in [0.05, 0.1) is 0 Å². The third-order valence-electron chi connectivity index (χ3n) is 5.84. The number of piperidine rings is 1. The van der Waals surface area contributed by atoms with Gasteiger partial charge in [0.2, 0.25) is 0 Å². The van der Waals surface area contributed by atoms with Crippen molar-refractivity contribution in [2.24, 2.45) is 5.92 Å². The van der Waals surface area contributed by atoms with E-state index < -0.39 is 0 Å². The highest BCUT2D eigenvalue weighted by atomic mass is 15.1. The first-order chi connectivity index (χ1) is 9.24. The summed E-state index contributed by atoms with van der Waals surface area (Å²) in [6, 6.07) is 3.11. The summed E-state index contributed by atoms with van der Waals surface area (Å²) in [4.78, 5) is 2.50. The lowest BCUT2D eigenvalue weighted by Crippen LogP contribution is -2.51. The Morgan fingerprint density at radius 2 is 2.00 bits per heavy atom. The maximum atomic E-state index is 4.03. The quantitative estimate of drug-likeness (QED) is 0.817. The van der Waals surface area contributed by atoms with Crippen LogP contribution in [0.1, 0.15) is 51.9 Å². The molecule has 3 heteroatoms. The van der Waals surface area contributed by atoms with E-state index in [1.807, 2.05) is 0 Å². The lowest BCUT2D eigenvalue weighted by atomic mass is 9.91. The molecule has 2 saturated heterocycles. The van der Waals surface area contributed by atoms with Gasteiger partial charge in [-0.05, 0) is 71.5 Å². The largest absolute Gasteiger partial charge is 0.314 e. The van der Waals surface area contributed by atoms with Gasteiger partial charge in [0.15, 0.2) is 0 Å². The molecule has 2 aliphatic heterocycles. The van der Waals surface area contributed by atoms with Gasteiger partial charge < -0.3 is 15.5 Å². The van der Waals surface area contributed by atoms with Crippen molar-refractivity contribution >= 4 is 0 Å². The van der Waals surface area contributed by atoms with Crippen LogP contribution >= 0.6 is 0 Å². The summed E-state index contributed by atoms with van der Waals surface area (Å²) in [5.41, 5.74) is 0. The van der Waals surface area contributed by atoms with Crippen molar-refractivity contribution in [2.75, 3.05) is 20.1 Å². The predicted molar refractivity (Wildman–Crippen MR) is 80.4 cm³/mol. The zero-order chi connectivity index (χ0) is 13.2. The van der Waals surface area contributed by atoms with Crippen LogP contribution in [0.15, 0.2) is 0 Å². The van der Waals surface area contributed by atoms with Gasteiger partial charge in [-0.2, -0.15) is 0 Å². The Bertz CT molecular complexity index is 288. The second-order valence-electron chi connectivity index (χ2n) is 7.12. The number of nitrogens with zero attached hydrogens (tertiary/aromatic N) is 1. The number of hydrogen-bond acceptors (Lipinski definition) is 3. The third-order valence-corrected chi connectivity index (χ3v) is 5.84. The first kappa shape index (κ1) is 13.8. The molecule has 0 amide bonds. The maximum absolute atomic E-state index is 4.03. The molecule has 0 aromatic rings. The Morgan fingerprint density at radius 3 is 2.74 bits per heavy atom. The Hall–Kier alpha value is -0.120. The Kier molecular flexibility index (Phi) is 4.45. The highest BCUT2D eigenvalue weighted by Gasteiger charge is 2.36. The lowest BCUT2D eigenvalue weighted by Gasteiger charge is -2.38. The summed E-state index contributed by atoms with van der Waals surface area (Å²) in [6.07, 6.45) is 9.75. The van der Waals surface area contributed by atoms with E-state index >= 15 is 0 Å². The average molecular weight is 265 g/mol. The Labute approximate surface area is 118 Å². The topological polar surface area (TPSA) is 27.3 Å². The average Bonchev–Trinajstić information content (AvgIpc) is 3.04. The zero-order valence-corrected chi connectivity index (χ0v) is 12.7. The van der Waals surface area contributed by atoms with Gasteiger partial charge in [0.25, 0.3) is 0 Å². The van der Waals surface area contributed by atoms with Crippen molar-refractivity contribution in [1.29, 1.82) is 0 Å². The molecule has 3 rings (SSSR count). The number of rotatable bonds is 3. The van der Waals surface area contributed by atoms with Gasteiger partial charge in [0.1, 0.15) is 0 Å². The molecule has 1 saturated carbocycles. The van der Waals surface area contributed by atoms with Crippen LogP contribution in [0, 0.1) is 5.92 Å². The fraction of sp³-hybridized carbons (Fsp3) is 1.00. The fourth-order valence-corrected chi connectivity index (χ4v) is 4.50. The lowest BCUT2D eigenvalue weighted by molar-refractivity contribution is 0.154. The number of nitrogens with one attached hydrogen (secondary N) is 2. The second kappa shape index (κ2) is 6.11. The minimum atomic E-state index is 0.746. The molecule has 5 atom stereocenters. The van der Waals surface area contributed by atoms with Gasteiger partial charge in [-0.25, -0.2) is 0 Å². The maximum Gasteiger partial charge on any atom is 0.0113 e. The molecular weight excluding hydrogens is 234 g/mol. The van der Waals surface area contributed by atoms with Crippen molar-refractivity contribution in [1.82, 2.24) is 15.5 Å². The summed E-state index contributed by atoms with van der Waals surface area (Å²) in [5.74, 6) is 0.900. The summed E-state index contributed by atoms with van der Waals surface area (Å²) < 4.78 is 0. The molecular formula is C16H31N3. The van der Waals surface area contributed by atoms with Crippen molar-refractivity contribution in [3.05, 3.63) is 0 Å². The predicted octanol–water partition coefficient (Wildman–Crippen LogP) is 1.98. The summed E-state index contributed by atoms with van der Waals surface area (Å²) >= 11 is 0. The molecule has 0 bridgehead atoms. The standard InChI is InChI=1S/C16H31N3/c1-12-11-13(8-10-19(12)2)18-16-6-3-5-14(16)15-7-4-9-17-15/h12-18H,3-11H2,1-2H3. The molecule has 3 nitrogen and oxygen atoms in total.